The number of aromatic nitrogens is 2. The molecule has 0 radical (unpaired) electrons. The normalized spacial score (nSPS) is 20.2. The van der Waals surface area contributed by atoms with Crippen molar-refractivity contribution in [2.24, 2.45) is 0 Å². The van der Waals surface area contributed by atoms with Gasteiger partial charge in [-0.25, -0.2) is 0 Å². The van der Waals surface area contributed by atoms with E-state index in [1.54, 1.807) is 6.07 Å². The van der Waals surface area contributed by atoms with Gasteiger partial charge in [-0.15, -0.1) is 0 Å². The molecule has 1 fully saturated rings. The summed E-state index contributed by atoms with van der Waals surface area (Å²) in [6.45, 7) is 2.87. The molecule has 0 amide bonds. The van der Waals surface area contributed by atoms with Gasteiger partial charge in [0.2, 0.25) is 0 Å². The van der Waals surface area contributed by atoms with Crippen LogP contribution in [0.15, 0.2) is 22.7 Å². The zero-order valence-electron chi connectivity index (χ0n) is 11.5. The second kappa shape index (κ2) is 5.46. The molecule has 1 atom stereocenters. The van der Waals surface area contributed by atoms with E-state index in [2.05, 4.69) is 22.1 Å². The van der Waals surface area contributed by atoms with Crippen LogP contribution in [0, 0.1) is 6.92 Å². The number of phenolic OH excluding ortho intramolecular Hbond substituents is 1. The number of benzene rings is 1. The van der Waals surface area contributed by atoms with Crippen LogP contribution in [0.4, 0.5) is 0 Å². The highest BCUT2D eigenvalue weighted by Crippen LogP contribution is 2.32. The zero-order chi connectivity index (χ0) is 14.1. The first kappa shape index (κ1) is 13.5. The van der Waals surface area contributed by atoms with E-state index in [-0.39, 0.29) is 11.8 Å². The average Bonchev–Trinajstić information content (AvgIpc) is 2.92. The van der Waals surface area contributed by atoms with Crippen LogP contribution in [0.2, 0.25) is 0 Å². The van der Waals surface area contributed by atoms with Crippen molar-refractivity contribution in [3.05, 3.63) is 29.6 Å². The second-order valence-corrected chi connectivity index (χ2v) is 6.15. The first-order valence-corrected chi connectivity index (χ1v) is 7.73. The van der Waals surface area contributed by atoms with Crippen LogP contribution in [-0.4, -0.2) is 45.2 Å². The van der Waals surface area contributed by atoms with Gasteiger partial charge in [0.1, 0.15) is 5.75 Å². The van der Waals surface area contributed by atoms with Gasteiger partial charge in [-0.3, -0.25) is 4.90 Å². The minimum atomic E-state index is 0.179. The second-order valence-electron chi connectivity index (χ2n) is 5.00. The van der Waals surface area contributed by atoms with E-state index in [0.29, 0.717) is 17.3 Å². The number of hydrogen-bond donors (Lipinski definition) is 1. The molecule has 1 aromatic carbocycles. The summed E-state index contributed by atoms with van der Waals surface area (Å²) in [5.74, 6) is 3.38. The summed E-state index contributed by atoms with van der Waals surface area (Å²) in [5, 5.41) is 14.2. The minimum Gasteiger partial charge on any atom is -0.507 e. The van der Waals surface area contributed by atoms with Crippen LogP contribution >= 0.6 is 11.8 Å². The molecule has 1 N–H and O–H groups in total. The van der Waals surface area contributed by atoms with Gasteiger partial charge in [0.15, 0.2) is 5.82 Å². The van der Waals surface area contributed by atoms with Crippen LogP contribution in [0.3, 0.4) is 0 Å². The summed E-state index contributed by atoms with van der Waals surface area (Å²) in [7, 11) is 2.07. The zero-order valence-corrected chi connectivity index (χ0v) is 12.4. The maximum absolute atomic E-state index is 10.1. The fraction of sp³-hybridized carbons (Fsp3) is 0.429. The van der Waals surface area contributed by atoms with E-state index >= 15 is 0 Å². The molecule has 106 valence electrons. The van der Waals surface area contributed by atoms with Crippen molar-refractivity contribution >= 4 is 11.8 Å². The number of phenols is 1. The summed E-state index contributed by atoms with van der Waals surface area (Å²) in [5.41, 5.74) is 1.39. The average molecular weight is 291 g/mol. The topological polar surface area (TPSA) is 62.4 Å². The highest BCUT2D eigenvalue weighted by Gasteiger charge is 2.26. The lowest BCUT2D eigenvalue weighted by atomic mass is 10.1. The number of hydrogen-bond acceptors (Lipinski definition) is 6. The summed E-state index contributed by atoms with van der Waals surface area (Å²) in [6.07, 6.45) is 0. The molecular weight excluding hydrogens is 274 g/mol. The van der Waals surface area contributed by atoms with E-state index in [9.17, 15) is 5.11 Å². The van der Waals surface area contributed by atoms with Crippen LogP contribution in [0.1, 0.15) is 17.4 Å². The molecule has 1 aliphatic heterocycles. The molecule has 5 nitrogen and oxygen atoms in total. The van der Waals surface area contributed by atoms with Crippen LogP contribution in [-0.2, 0) is 0 Å². The van der Waals surface area contributed by atoms with E-state index in [0.717, 1.165) is 23.6 Å². The van der Waals surface area contributed by atoms with Crippen molar-refractivity contribution in [3.63, 3.8) is 0 Å². The standard InChI is InChI=1S/C14H17N3O2S/c1-9-4-3-5-10(12(9)18)14-15-13(16-19-14)11-8-20-7-6-17(11)2/h3-5,11,18H,6-8H2,1-2H3. The minimum absolute atomic E-state index is 0.179. The Morgan fingerprint density at radius 2 is 2.30 bits per heavy atom. The fourth-order valence-corrected chi connectivity index (χ4v) is 3.48. The Balaban J connectivity index is 1.92. The molecule has 2 aromatic rings. The first-order valence-electron chi connectivity index (χ1n) is 6.57. The molecule has 1 aromatic heterocycles. The summed E-state index contributed by atoms with van der Waals surface area (Å²) in [4.78, 5) is 6.70. The number of thioether (sulfide) groups is 1. The van der Waals surface area contributed by atoms with Gasteiger partial charge in [-0.1, -0.05) is 17.3 Å². The molecule has 1 saturated heterocycles. The van der Waals surface area contributed by atoms with Crippen molar-refractivity contribution in [2.75, 3.05) is 25.1 Å². The number of aromatic hydroxyl groups is 1. The van der Waals surface area contributed by atoms with Crippen LogP contribution < -0.4 is 0 Å². The van der Waals surface area contributed by atoms with Gasteiger partial charge in [0.05, 0.1) is 11.6 Å². The number of nitrogens with zero attached hydrogens (tertiary/aromatic N) is 3. The van der Waals surface area contributed by atoms with Gasteiger partial charge in [0.25, 0.3) is 5.89 Å². The van der Waals surface area contributed by atoms with Crippen LogP contribution in [0.25, 0.3) is 11.5 Å². The SMILES string of the molecule is Cc1cccc(-c2nc(C3CSCCN3C)no2)c1O. The first-order chi connectivity index (χ1) is 9.66. The van der Waals surface area contributed by atoms with Gasteiger partial charge in [-0.2, -0.15) is 16.7 Å². The Morgan fingerprint density at radius 3 is 3.10 bits per heavy atom. The Morgan fingerprint density at radius 1 is 1.45 bits per heavy atom. The van der Waals surface area contributed by atoms with Crippen molar-refractivity contribution in [1.29, 1.82) is 0 Å². The van der Waals surface area contributed by atoms with Crippen molar-refractivity contribution in [1.82, 2.24) is 15.0 Å². The predicted molar refractivity (Wildman–Crippen MR) is 78.8 cm³/mol. The van der Waals surface area contributed by atoms with E-state index in [1.165, 1.54) is 0 Å². The maximum atomic E-state index is 10.1. The number of aryl methyl sites for hydroxylation is 1. The third-order valence-electron chi connectivity index (χ3n) is 3.60. The molecular formula is C14H17N3O2S. The summed E-state index contributed by atoms with van der Waals surface area (Å²) < 4.78 is 5.33. The third-order valence-corrected chi connectivity index (χ3v) is 4.63. The number of rotatable bonds is 2. The summed E-state index contributed by atoms with van der Waals surface area (Å²) >= 11 is 1.90. The quantitative estimate of drug-likeness (QED) is 0.917. The highest BCUT2D eigenvalue weighted by atomic mass is 32.2. The molecule has 1 unspecified atom stereocenters. The van der Waals surface area contributed by atoms with E-state index in [4.69, 9.17) is 4.52 Å². The largest absolute Gasteiger partial charge is 0.507 e. The van der Waals surface area contributed by atoms with Crippen molar-refractivity contribution in [3.8, 4) is 17.2 Å². The third kappa shape index (κ3) is 2.41. The fourth-order valence-electron chi connectivity index (χ4n) is 2.27. The molecule has 2 heterocycles. The van der Waals surface area contributed by atoms with Gasteiger partial charge in [0, 0.05) is 18.1 Å². The van der Waals surface area contributed by atoms with E-state index in [1.807, 2.05) is 30.8 Å². The highest BCUT2D eigenvalue weighted by molar-refractivity contribution is 7.99. The summed E-state index contributed by atoms with van der Waals surface area (Å²) in [6, 6.07) is 5.69. The predicted octanol–water partition coefficient (Wildman–Crippen LogP) is 2.47. The lowest BCUT2D eigenvalue weighted by molar-refractivity contribution is 0.257. The van der Waals surface area contributed by atoms with Gasteiger partial charge < -0.3 is 9.63 Å². The van der Waals surface area contributed by atoms with E-state index < -0.39 is 0 Å². The van der Waals surface area contributed by atoms with Crippen LogP contribution in [0.5, 0.6) is 5.75 Å². The molecule has 6 heteroatoms. The Hall–Kier alpha value is -1.53. The smallest absolute Gasteiger partial charge is 0.261 e. The van der Waals surface area contributed by atoms with Gasteiger partial charge in [-0.05, 0) is 25.6 Å². The maximum Gasteiger partial charge on any atom is 0.261 e. The molecule has 0 spiro atoms. The molecule has 20 heavy (non-hydrogen) atoms. The monoisotopic (exact) mass is 291 g/mol. The Kier molecular flexibility index (Phi) is 3.67. The van der Waals surface area contributed by atoms with Crippen molar-refractivity contribution < 1.29 is 9.63 Å². The Labute approximate surface area is 122 Å². The Bertz CT molecular complexity index is 614. The van der Waals surface area contributed by atoms with Gasteiger partial charge >= 0.3 is 0 Å². The molecule has 1 aliphatic rings. The number of para-hydroxylation sites is 1. The molecule has 0 aliphatic carbocycles. The molecule has 0 bridgehead atoms. The lowest BCUT2D eigenvalue weighted by Gasteiger charge is -2.29. The lowest BCUT2D eigenvalue weighted by Crippen LogP contribution is -2.33. The van der Waals surface area contributed by atoms with Crippen molar-refractivity contribution in [2.45, 2.75) is 13.0 Å². The molecule has 3 rings (SSSR count). The molecule has 0 saturated carbocycles.